The van der Waals surface area contributed by atoms with Crippen molar-refractivity contribution in [3.63, 3.8) is 0 Å². The third-order valence-corrected chi connectivity index (χ3v) is 3.35. The van der Waals surface area contributed by atoms with Gasteiger partial charge in [-0.3, -0.25) is 4.79 Å². The first kappa shape index (κ1) is 14.3. The number of hydrogen-bond donors (Lipinski definition) is 0. The van der Waals surface area contributed by atoms with Gasteiger partial charge in [0.2, 0.25) is 5.12 Å². The SMILES string of the molecule is COc1ccc(C(=O)S/N=C/c2ccc(C)cc2)cc1. The van der Waals surface area contributed by atoms with E-state index in [0.29, 0.717) is 5.56 Å². The highest BCUT2D eigenvalue weighted by Gasteiger charge is 2.05. The number of ether oxygens (including phenoxy) is 1. The van der Waals surface area contributed by atoms with Crippen molar-refractivity contribution in [2.45, 2.75) is 6.92 Å². The summed E-state index contributed by atoms with van der Waals surface area (Å²) in [6.45, 7) is 2.03. The van der Waals surface area contributed by atoms with Gasteiger partial charge in [0.1, 0.15) is 5.75 Å². The zero-order chi connectivity index (χ0) is 14.4. The minimum atomic E-state index is -0.0870. The first-order valence-corrected chi connectivity index (χ1v) is 6.92. The van der Waals surface area contributed by atoms with Crippen LogP contribution in [-0.2, 0) is 0 Å². The van der Waals surface area contributed by atoms with Crippen LogP contribution < -0.4 is 4.74 Å². The minimum Gasteiger partial charge on any atom is -0.497 e. The van der Waals surface area contributed by atoms with Crippen molar-refractivity contribution in [1.29, 1.82) is 0 Å². The van der Waals surface area contributed by atoms with E-state index >= 15 is 0 Å². The Morgan fingerprint density at radius 3 is 2.35 bits per heavy atom. The minimum absolute atomic E-state index is 0.0870. The van der Waals surface area contributed by atoms with Gasteiger partial charge in [0, 0.05) is 11.8 Å². The van der Waals surface area contributed by atoms with E-state index in [2.05, 4.69) is 4.40 Å². The highest BCUT2D eigenvalue weighted by atomic mass is 32.2. The lowest BCUT2D eigenvalue weighted by molar-refractivity contribution is 0.108. The molecule has 0 bridgehead atoms. The molecule has 0 unspecified atom stereocenters. The molecule has 0 heterocycles. The number of aryl methyl sites for hydroxylation is 1. The summed E-state index contributed by atoms with van der Waals surface area (Å²) in [5.74, 6) is 0.731. The lowest BCUT2D eigenvalue weighted by Crippen LogP contribution is -1.92. The summed E-state index contributed by atoms with van der Waals surface area (Å²) in [5.41, 5.74) is 2.78. The van der Waals surface area contributed by atoms with Crippen LogP contribution in [0.15, 0.2) is 52.9 Å². The van der Waals surface area contributed by atoms with Gasteiger partial charge >= 0.3 is 0 Å². The van der Waals surface area contributed by atoms with Crippen LogP contribution in [0.3, 0.4) is 0 Å². The molecule has 3 nitrogen and oxygen atoms in total. The van der Waals surface area contributed by atoms with Gasteiger partial charge in [0.25, 0.3) is 0 Å². The van der Waals surface area contributed by atoms with Crippen LogP contribution >= 0.6 is 11.9 Å². The van der Waals surface area contributed by atoms with Gasteiger partial charge in [0.15, 0.2) is 0 Å². The second kappa shape index (κ2) is 6.91. The van der Waals surface area contributed by atoms with Crippen molar-refractivity contribution in [2.75, 3.05) is 7.11 Å². The van der Waals surface area contributed by atoms with E-state index in [4.69, 9.17) is 4.74 Å². The zero-order valence-corrected chi connectivity index (χ0v) is 12.2. The second-order valence-corrected chi connectivity index (χ2v) is 5.02. The zero-order valence-electron chi connectivity index (χ0n) is 11.4. The normalized spacial score (nSPS) is 10.7. The first-order chi connectivity index (χ1) is 9.69. The Balaban J connectivity index is 1.95. The maximum absolute atomic E-state index is 11.9. The molecule has 0 saturated heterocycles. The molecule has 102 valence electrons. The van der Waals surface area contributed by atoms with Crippen LogP contribution in [0.1, 0.15) is 21.5 Å². The van der Waals surface area contributed by atoms with E-state index in [0.717, 1.165) is 23.3 Å². The van der Waals surface area contributed by atoms with Crippen molar-refractivity contribution in [3.05, 3.63) is 65.2 Å². The number of carbonyl (C=O) groups excluding carboxylic acids is 1. The number of nitrogens with zero attached hydrogens (tertiary/aromatic N) is 1. The number of carbonyl (C=O) groups is 1. The van der Waals surface area contributed by atoms with E-state index in [-0.39, 0.29) is 5.12 Å². The smallest absolute Gasteiger partial charge is 0.241 e. The summed E-state index contributed by atoms with van der Waals surface area (Å²) in [5, 5.41) is -0.0870. The average Bonchev–Trinajstić information content (AvgIpc) is 2.49. The fraction of sp³-hybridized carbons (Fsp3) is 0.125. The summed E-state index contributed by atoms with van der Waals surface area (Å²) < 4.78 is 9.15. The molecular weight excluding hydrogens is 270 g/mol. The summed E-state index contributed by atoms with van der Waals surface area (Å²) in [7, 11) is 1.59. The molecule has 0 fully saturated rings. The van der Waals surface area contributed by atoms with E-state index in [1.165, 1.54) is 5.56 Å². The lowest BCUT2D eigenvalue weighted by atomic mass is 10.2. The Bertz CT molecular complexity index is 603. The molecular formula is C16H15NO2S. The van der Waals surface area contributed by atoms with Gasteiger partial charge in [-0.05, 0) is 36.8 Å². The third-order valence-electron chi connectivity index (χ3n) is 2.74. The van der Waals surface area contributed by atoms with Crippen molar-refractivity contribution in [3.8, 4) is 5.75 Å². The second-order valence-electron chi connectivity index (χ2n) is 4.25. The fourth-order valence-electron chi connectivity index (χ4n) is 1.57. The van der Waals surface area contributed by atoms with Gasteiger partial charge < -0.3 is 4.74 Å². The van der Waals surface area contributed by atoms with Gasteiger partial charge in [-0.15, -0.1) is 0 Å². The lowest BCUT2D eigenvalue weighted by Gasteiger charge is -2.00. The standard InChI is InChI=1S/C16H15NO2S/c1-12-3-5-13(6-4-12)11-17-20-16(18)14-7-9-15(19-2)10-8-14/h3-11H,1-2H3/b17-11+. The molecule has 0 radical (unpaired) electrons. The van der Waals surface area contributed by atoms with Crippen LogP contribution in [-0.4, -0.2) is 18.4 Å². The quantitative estimate of drug-likeness (QED) is 0.631. The molecule has 0 aliphatic carbocycles. The van der Waals surface area contributed by atoms with Crippen LogP contribution in [0.2, 0.25) is 0 Å². The van der Waals surface area contributed by atoms with Crippen molar-refractivity contribution < 1.29 is 9.53 Å². The molecule has 2 aromatic carbocycles. The maximum atomic E-state index is 11.9. The first-order valence-electron chi connectivity index (χ1n) is 6.14. The molecule has 0 amide bonds. The van der Waals surface area contributed by atoms with Crippen LogP contribution in [0, 0.1) is 6.92 Å². The Labute approximate surface area is 122 Å². The highest BCUT2D eigenvalue weighted by Crippen LogP contribution is 2.17. The molecule has 20 heavy (non-hydrogen) atoms. The van der Waals surface area contributed by atoms with Crippen LogP contribution in [0.4, 0.5) is 0 Å². The number of rotatable bonds is 4. The predicted molar refractivity (Wildman–Crippen MR) is 83.7 cm³/mol. The monoisotopic (exact) mass is 285 g/mol. The molecule has 0 aliphatic heterocycles. The van der Waals surface area contributed by atoms with Crippen molar-refractivity contribution in [2.24, 2.45) is 4.40 Å². The van der Waals surface area contributed by atoms with Crippen molar-refractivity contribution in [1.82, 2.24) is 0 Å². The molecule has 2 aromatic rings. The Kier molecular flexibility index (Phi) is 4.96. The number of benzene rings is 2. The van der Waals surface area contributed by atoms with Crippen LogP contribution in [0.5, 0.6) is 5.75 Å². The van der Waals surface area contributed by atoms with E-state index < -0.39 is 0 Å². The Morgan fingerprint density at radius 1 is 1.10 bits per heavy atom. The molecule has 0 spiro atoms. The largest absolute Gasteiger partial charge is 0.497 e. The predicted octanol–water partition coefficient (Wildman–Crippen LogP) is 3.91. The maximum Gasteiger partial charge on any atom is 0.241 e. The van der Waals surface area contributed by atoms with E-state index in [1.54, 1.807) is 37.6 Å². The summed E-state index contributed by atoms with van der Waals surface area (Å²) in [6, 6.07) is 14.9. The Morgan fingerprint density at radius 2 is 1.75 bits per heavy atom. The number of methoxy groups -OCH3 is 1. The van der Waals surface area contributed by atoms with Crippen LogP contribution in [0.25, 0.3) is 0 Å². The topological polar surface area (TPSA) is 38.7 Å². The van der Waals surface area contributed by atoms with E-state index in [9.17, 15) is 4.79 Å². The van der Waals surface area contributed by atoms with Gasteiger partial charge in [-0.1, -0.05) is 29.8 Å². The highest BCUT2D eigenvalue weighted by molar-refractivity contribution is 8.13. The average molecular weight is 285 g/mol. The fourth-order valence-corrected chi connectivity index (χ4v) is 2.08. The molecule has 0 aromatic heterocycles. The number of hydrogen-bond acceptors (Lipinski definition) is 4. The summed E-state index contributed by atoms with van der Waals surface area (Å²) in [4.78, 5) is 11.9. The molecule has 0 N–H and O–H groups in total. The molecule has 4 heteroatoms. The summed E-state index contributed by atoms with van der Waals surface area (Å²) >= 11 is 0.932. The molecule has 0 atom stereocenters. The third kappa shape index (κ3) is 3.96. The molecule has 0 aliphatic rings. The van der Waals surface area contributed by atoms with Gasteiger partial charge in [-0.2, -0.15) is 0 Å². The van der Waals surface area contributed by atoms with Gasteiger partial charge in [-0.25, -0.2) is 4.40 Å². The summed E-state index contributed by atoms with van der Waals surface area (Å²) in [6.07, 6.45) is 1.69. The molecule has 0 saturated carbocycles. The van der Waals surface area contributed by atoms with Gasteiger partial charge in [0.05, 0.1) is 19.1 Å². The van der Waals surface area contributed by atoms with E-state index in [1.807, 2.05) is 31.2 Å². The van der Waals surface area contributed by atoms with Crippen molar-refractivity contribution >= 4 is 23.3 Å². The molecule has 2 rings (SSSR count). The Hall–Kier alpha value is -2.07.